The summed E-state index contributed by atoms with van der Waals surface area (Å²) in [6, 6.07) is 0. The Hall–Kier alpha value is -0.0400. The Bertz CT molecular complexity index is 435. The number of alkyl halides is 6. The molecule has 1 aliphatic carbocycles. The van der Waals surface area contributed by atoms with Crippen LogP contribution >= 0.6 is 24.0 Å². The average molecular weight is 398 g/mol. The molecular formula is C6H5F6IO3S. The van der Waals surface area contributed by atoms with Crippen LogP contribution < -0.4 is 0 Å². The molecule has 0 aliphatic heterocycles. The Morgan fingerprint density at radius 2 is 1.53 bits per heavy atom. The Kier molecular flexibility index (Phi) is 4.25. The monoisotopic (exact) mass is 398 g/mol. The molecule has 11 heteroatoms. The summed E-state index contributed by atoms with van der Waals surface area (Å²) in [4.78, 5) is 0. The van der Waals surface area contributed by atoms with Crippen LogP contribution in [0.15, 0.2) is 12.2 Å². The Morgan fingerprint density at radius 3 is 1.88 bits per heavy atom. The fourth-order valence-corrected chi connectivity index (χ4v) is 1.79. The molecule has 3 nitrogen and oxygen atoms in total. The summed E-state index contributed by atoms with van der Waals surface area (Å²) in [5.41, 5.74) is 0. The molecule has 0 aromatic carbocycles. The molecule has 0 amide bonds. The summed E-state index contributed by atoms with van der Waals surface area (Å²) in [6.07, 6.45) is -4.57. The van der Waals surface area contributed by atoms with E-state index in [2.05, 4.69) is 0 Å². The minimum Gasteiger partial charge on any atom is -0.283 e. The van der Waals surface area contributed by atoms with Crippen LogP contribution in [0.2, 0.25) is 0 Å². The first-order valence-corrected chi connectivity index (χ1v) is 5.07. The van der Waals surface area contributed by atoms with E-state index >= 15 is 0 Å². The summed E-state index contributed by atoms with van der Waals surface area (Å²) >= 11 is 0. The highest BCUT2D eigenvalue weighted by molar-refractivity contribution is 14.0. The second kappa shape index (κ2) is 4.26. The minimum atomic E-state index is -6.18. The molecule has 0 aromatic heterocycles. The van der Waals surface area contributed by atoms with Crippen molar-refractivity contribution < 1.29 is 39.3 Å². The van der Waals surface area contributed by atoms with Gasteiger partial charge in [0.2, 0.25) is 0 Å². The number of hydrogen-bond acceptors (Lipinski definition) is 2. The lowest BCUT2D eigenvalue weighted by Gasteiger charge is -2.37. The predicted molar refractivity (Wildman–Crippen MR) is 54.7 cm³/mol. The van der Waals surface area contributed by atoms with Gasteiger partial charge in [0.05, 0.1) is 0 Å². The van der Waals surface area contributed by atoms with Crippen molar-refractivity contribution >= 4 is 34.1 Å². The van der Waals surface area contributed by atoms with Crippen LogP contribution in [0.3, 0.4) is 0 Å². The zero-order valence-electron chi connectivity index (χ0n) is 7.58. The molecule has 0 saturated carbocycles. The molecule has 2 unspecified atom stereocenters. The molecule has 1 rings (SSSR count). The zero-order valence-corrected chi connectivity index (χ0v) is 10.7. The fraction of sp³-hybridized carbons (Fsp3) is 0.667. The highest BCUT2D eigenvalue weighted by atomic mass is 127. The summed E-state index contributed by atoms with van der Waals surface area (Å²) in [6.45, 7) is 0. The average Bonchev–Trinajstić information content (AvgIpc) is 2.08. The van der Waals surface area contributed by atoms with Crippen molar-refractivity contribution in [3.8, 4) is 0 Å². The van der Waals surface area contributed by atoms with Crippen molar-refractivity contribution in [2.24, 2.45) is 0 Å². The Labute approximate surface area is 109 Å². The molecule has 0 aromatic rings. The topological polar surface area (TPSA) is 54.4 Å². The number of allylic oxidation sites excluding steroid dienone is 1. The number of hydrogen-bond donors (Lipinski definition) is 1. The highest BCUT2D eigenvalue weighted by Crippen LogP contribution is 2.53. The largest absolute Gasteiger partial charge is 0.367 e. The normalized spacial score (nSPS) is 35.1. The van der Waals surface area contributed by atoms with E-state index in [9.17, 15) is 34.8 Å². The molecule has 102 valence electrons. The van der Waals surface area contributed by atoms with E-state index < -0.39 is 39.2 Å². The third kappa shape index (κ3) is 2.05. The predicted octanol–water partition coefficient (Wildman–Crippen LogP) is 2.34. The van der Waals surface area contributed by atoms with Gasteiger partial charge in [-0.15, -0.1) is 24.0 Å². The highest BCUT2D eigenvalue weighted by Gasteiger charge is 2.78. The Morgan fingerprint density at radius 1 is 1.12 bits per heavy atom. The molecular weight excluding hydrogens is 393 g/mol. The Balaban J connectivity index is 0.00000256. The molecule has 2 atom stereocenters. The van der Waals surface area contributed by atoms with Gasteiger partial charge in [0.1, 0.15) is 0 Å². The third-order valence-corrected chi connectivity index (χ3v) is 3.19. The molecule has 0 spiro atoms. The second-order valence-corrected chi connectivity index (χ2v) is 4.62. The van der Waals surface area contributed by atoms with E-state index in [4.69, 9.17) is 4.55 Å². The van der Waals surface area contributed by atoms with Crippen molar-refractivity contribution in [3.05, 3.63) is 12.2 Å². The van der Waals surface area contributed by atoms with Gasteiger partial charge >= 0.3 is 27.0 Å². The maximum Gasteiger partial charge on any atom is 0.367 e. The second-order valence-electron chi connectivity index (χ2n) is 3.08. The number of halogens is 7. The van der Waals surface area contributed by atoms with Crippen LogP contribution in [0.25, 0.3) is 0 Å². The van der Waals surface area contributed by atoms with Crippen LogP contribution in [0, 0.1) is 0 Å². The van der Waals surface area contributed by atoms with Crippen LogP contribution in [0.1, 0.15) is 0 Å². The van der Waals surface area contributed by atoms with Gasteiger partial charge < -0.3 is 0 Å². The van der Waals surface area contributed by atoms with E-state index in [0.717, 1.165) is 0 Å². The number of rotatable bonds is 1. The van der Waals surface area contributed by atoms with Crippen LogP contribution in [0.4, 0.5) is 26.3 Å². The molecule has 0 fully saturated rings. The first-order valence-electron chi connectivity index (χ1n) is 3.63. The van der Waals surface area contributed by atoms with E-state index in [1.165, 1.54) is 0 Å². The quantitative estimate of drug-likeness (QED) is 0.320. The summed E-state index contributed by atoms with van der Waals surface area (Å²) < 4.78 is 105. The van der Waals surface area contributed by atoms with Crippen molar-refractivity contribution in [3.63, 3.8) is 0 Å². The van der Waals surface area contributed by atoms with Crippen molar-refractivity contribution in [1.29, 1.82) is 0 Å². The SMILES string of the molecule is I.O=S(=O)(O)C1(F)C=CC(F)C(F)(F)C1(F)F. The lowest BCUT2D eigenvalue weighted by Crippen LogP contribution is -2.64. The molecule has 0 bridgehead atoms. The lowest BCUT2D eigenvalue weighted by molar-refractivity contribution is -0.264. The third-order valence-electron chi connectivity index (χ3n) is 2.05. The van der Waals surface area contributed by atoms with Crippen LogP contribution in [-0.2, 0) is 10.1 Å². The molecule has 1 aliphatic rings. The summed E-state index contributed by atoms with van der Waals surface area (Å²) in [5, 5.41) is -5.05. The molecule has 17 heavy (non-hydrogen) atoms. The smallest absolute Gasteiger partial charge is 0.283 e. The molecule has 0 heterocycles. The molecule has 1 N–H and O–H groups in total. The minimum absolute atomic E-state index is 0. The van der Waals surface area contributed by atoms with Crippen molar-refractivity contribution in [2.45, 2.75) is 23.0 Å². The van der Waals surface area contributed by atoms with Gasteiger partial charge in [0, 0.05) is 0 Å². The van der Waals surface area contributed by atoms with Gasteiger partial charge in [-0.2, -0.15) is 26.0 Å². The maximum absolute atomic E-state index is 13.2. The van der Waals surface area contributed by atoms with Crippen molar-refractivity contribution in [2.75, 3.05) is 0 Å². The fourth-order valence-electron chi connectivity index (χ4n) is 1.08. The zero-order chi connectivity index (χ0) is 13.0. The van der Waals surface area contributed by atoms with Crippen LogP contribution in [0.5, 0.6) is 0 Å². The van der Waals surface area contributed by atoms with Gasteiger partial charge in [-0.25, -0.2) is 8.78 Å². The van der Waals surface area contributed by atoms with E-state index in [1.54, 1.807) is 0 Å². The van der Waals surface area contributed by atoms with Gasteiger partial charge in [0.15, 0.2) is 6.17 Å². The van der Waals surface area contributed by atoms with Gasteiger partial charge in [-0.1, -0.05) is 0 Å². The maximum atomic E-state index is 13.2. The summed E-state index contributed by atoms with van der Waals surface area (Å²) in [7, 11) is -6.18. The standard InChI is InChI=1S/C6H4F6O3S.HI/c7-3-1-2-4(8,16(13,14)15)6(11,12)5(3,9)10;/h1-3H,(H,13,14,15);1H. The molecule has 0 radical (unpaired) electrons. The van der Waals surface area contributed by atoms with Crippen LogP contribution in [-0.4, -0.2) is 36.0 Å². The molecule has 0 saturated heterocycles. The first-order chi connectivity index (χ1) is 6.88. The summed E-state index contributed by atoms with van der Waals surface area (Å²) in [5.74, 6) is -11.5. The van der Waals surface area contributed by atoms with Gasteiger partial charge in [-0.05, 0) is 12.2 Å². The lowest BCUT2D eigenvalue weighted by atomic mass is 9.95. The van der Waals surface area contributed by atoms with E-state index in [1.807, 2.05) is 0 Å². The van der Waals surface area contributed by atoms with Gasteiger partial charge in [0.25, 0.3) is 0 Å². The van der Waals surface area contributed by atoms with E-state index in [0.29, 0.717) is 0 Å². The first kappa shape index (κ1) is 17.0. The van der Waals surface area contributed by atoms with Crippen molar-refractivity contribution in [1.82, 2.24) is 0 Å². The van der Waals surface area contributed by atoms with E-state index in [-0.39, 0.29) is 30.1 Å². The van der Waals surface area contributed by atoms with Gasteiger partial charge in [-0.3, -0.25) is 4.55 Å².